The van der Waals surface area contributed by atoms with Crippen molar-refractivity contribution in [1.29, 1.82) is 0 Å². The van der Waals surface area contributed by atoms with Crippen LogP contribution in [0, 0.1) is 20.8 Å². The van der Waals surface area contributed by atoms with Gasteiger partial charge in [0.05, 0.1) is 0 Å². The summed E-state index contributed by atoms with van der Waals surface area (Å²) in [5, 5.41) is 0. The molecule has 12 aliphatic carbocycles. The van der Waals surface area contributed by atoms with Gasteiger partial charge in [0, 0.05) is 32.5 Å². The highest BCUT2D eigenvalue weighted by Crippen LogP contribution is 2.65. The van der Waals surface area contributed by atoms with Crippen molar-refractivity contribution in [3.05, 3.63) is 464 Å². The lowest BCUT2D eigenvalue weighted by Gasteiger charge is -2.36. The van der Waals surface area contributed by atoms with Crippen molar-refractivity contribution in [2.45, 2.75) is 195 Å². The summed E-state index contributed by atoms with van der Waals surface area (Å²) < 4.78 is 0. The summed E-state index contributed by atoms with van der Waals surface area (Å²) >= 11 is 0. The molecule has 0 radical (unpaired) electrons. The minimum absolute atomic E-state index is 0.000443. The summed E-state index contributed by atoms with van der Waals surface area (Å²) in [6.07, 6.45) is 27.9. The molecule has 17 aromatic carbocycles. The fourth-order valence-corrected chi connectivity index (χ4v) is 29.6. The first-order valence-corrected chi connectivity index (χ1v) is 50.4. The Morgan fingerprint density at radius 1 is 0.135 bits per heavy atom. The quantitative estimate of drug-likeness (QED) is 0.156. The Hall–Kier alpha value is -13.3. The lowest BCUT2D eigenvalue weighted by Crippen LogP contribution is -2.28. The lowest BCUT2D eigenvalue weighted by molar-refractivity contribution is 0.353. The predicted molar refractivity (Wildman–Crippen MR) is 554 cm³/mol. The van der Waals surface area contributed by atoms with Crippen molar-refractivity contribution < 1.29 is 0 Å². The molecule has 0 aromatic heterocycles. The molecule has 644 valence electrons. The molecule has 0 N–H and O–H groups in total. The van der Waals surface area contributed by atoms with Crippen LogP contribution in [-0.4, -0.2) is 0 Å². The average molecular weight is 1710 g/mol. The molecule has 133 heavy (non-hydrogen) atoms. The van der Waals surface area contributed by atoms with Crippen LogP contribution in [0.4, 0.5) is 0 Å². The predicted octanol–water partition coefficient (Wildman–Crippen LogP) is 34.3. The minimum atomic E-state index is 0.000443. The molecule has 6 spiro atoms. The first-order valence-electron chi connectivity index (χ1n) is 50.4. The van der Waals surface area contributed by atoms with Gasteiger partial charge in [-0.3, -0.25) is 0 Å². The smallest absolute Gasteiger partial charge is 0.0296 e. The molecule has 0 amide bonds. The average Bonchev–Trinajstić information content (AvgIpc) is 1.54. The van der Waals surface area contributed by atoms with E-state index in [2.05, 4.69) is 379 Å². The van der Waals surface area contributed by atoms with Gasteiger partial charge in [0.2, 0.25) is 0 Å². The third-order valence-electron chi connectivity index (χ3n) is 35.4. The Balaban J connectivity index is 0.000000102. The van der Waals surface area contributed by atoms with Crippen LogP contribution >= 0.6 is 0 Å². The van der Waals surface area contributed by atoms with Crippen LogP contribution in [-0.2, 0) is 58.2 Å². The molecule has 0 heteroatoms. The second-order valence-electron chi connectivity index (χ2n) is 42.4. The highest BCUT2D eigenvalue weighted by molar-refractivity contribution is 5.93. The van der Waals surface area contributed by atoms with Crippen LogP contribution in [0.5, 0.6) is 0 Å². The molecule has 0 unspecified atom stereocenters. The van der Waals surface area contributed by atoms with E-state index in [0.29, 0.717) is 0 Å². The summed E-state index contributed by atoms with van der Waals surface area (Å²) in [6, 6.07) is 139. The molecule has 0 atom stereocenters. The van der Waals surface area contributed by atoms with Crippen molar-refractivity contribution in [3.8, 4) is 134 Å². The SMILES string of the molecule is Cc1cc(-c2ccc3c(c2)C2(CCCC2)c2ccccc2-3)cc(-c2ccc3c(c2)C2(CCCC2)c2ccccc2-3)c1.Cc1cc(-c2ccc3c(c2)C2(CCCCC2)c2ccccc2-3)cc(-c2ccc3c(c2)C2(CCCCC2)c2ccccc2-3)c1.Cc1cc(-c2ccc3c(c2)C2(Cc4ccccc4C2)c2ccccc2-3)cc(-c2ccc3c(c2)C2(Cc4ccccc4C2)c2ccccc2-3)c1. The fourth-order valence-electron chi connectivity index (χ4n) is 29.6. The van der Waals surface area contributed by atoms with Gasteiger partial charge >= 0.3 is 0 Å². The van der Waals surface area contributed by atoms with Gasteiger partial charge in [-0.25, -0.2) is 0 Å². The number of benzene rings is 17. The van der Waals surface area contributed by atoms with Crippen LogP contribution in [0.1, 0.15) is 221 Å². The van der Waals surface area contributed by atoms with Gasteiger partial charge in [-0.1, -0.05) is 368 Å². The largest absolute Gasteiger partial charge is 0.0620 e. The normalized spacial score (nSPS) is 17.7. The van der Waals surface area contributed by atoms with Crippen molar-refractivity contribution in [2.75, 3.05) is 0 Å². The Morgan fingerprint density at radius 2 is 0.301 bits per heavy atom. The molecule has 17 aromatic rings. The standard InChI is InChI=1S/C49H36.C43H40.C41H36/c1-31-22-38(32-18-20-42-40-14-6-8-16-44(40)48(46(42)25-32)27-34-10-2-3-11-35(34)28-48)24-39(23-31)33-19-21-43-41-15-7-9-17-45(41)49(47(43)26-33)29-36-12-4-5-13-37(36)30-49;1-29-24-32(30-16-18-36-34-12-4-6-14-38(34)42(40(36)27-30)20-8-2-9-21-42)26-33(25-29)31-17-19-37-35-13-5-7-15-39(35)43(41(37)28-31)22-10-3-11-23-43;1-27-22-30(28-14-16-34-32-10-2-4-12-36(32)40(38(34)25-28)18-6-7-19-40)24-31(23-27)29-15-17-35-33-11-3-5-13-37(33)41(39(35)26-29)20-8-9-21-41/h2-26H,27-30H2,1H3;4-7,12-19,24-28H,2-3,8-11,20-23H2,1H3;2-5,10-17,22-26H,6-9,18-21H2,1H3. The Labute approximate surface area is 786 Å². The molecule has 29 rings (SSSR count). The van der Waals surface area contributed by atoms with E-state index in [4.69, 9.17) is 0 Å². The maximum absolute atomic E-state index is 2.57. The Bertz CT molecular complexity index is 7210. The summed E-state index contributed by atoms with van der Waals surface area (Å²) in [5.41, 5.74) is 62.6. The number of aryl methyl sites for hydroxylation is 3. The summed E-state index contributed by atoms with van der Waals surface area (Å²) in [7, 11) is 0. The molecular weight excluding hydrogens is 1600 g/mol. The van der Waals surface area contributed by atoms with Gasteiger partial charge in [-0.15, -0.1) is 0 Å². The second-order valence-corrected chi connectivity index (χ2v) is 42.4. The van der Waals surface area contributed by atoms with Crippen LogP contribution in [0.2, 0.25) is 0 Å². The van der Waals surface area contributed by atoms with E-state index in [0.717, 1.165) is 25.7 Å². The summed E-state index contributed by atoms with van der Waals surface area (Å²) in [4.78, 5) is 0. The zero-order valence-corrected chi connectivity index (χ0v) is 77.1. The topological polar surface area (TPSA) is 0 Å². The molecule has 4 fully saturated rings. The van der Waals surface area contributed by atoms with E-state index in [1.807, 2.05) is 0 Å². The zero-order chi connectivity index (χ0) is 88.1. The van der Waals surface area contributed by atoms with E-state index in [-0.39, 0.29) is 32.5 Å². The van der Waals surface area contributed by atoms with Crippen molar-refractivity contribution in [2.24, 2.45) is 0 Å². The highest BCUT2D eigenvalue weighted by atomic mass is 14.6. The Morgan fingerprint density at radius 3 is 0.511 bits per heavy atom. The monoisotopic (exact) mass is 1710 g/mol. The fraction of sp³-hybridized carbons (Fsp3) is 0.233. The Kier molecular flexibility index (Phi) is 18.2. The number of hydrogen-bond acceptors (Lipinski definition) is 0. The molecule has 0 bridgehead atoms. The molecule has 4 saturated carbocycles. The van der Waals surface area contributed by atoms with Gasteiger partial charge in [0.15, 0.2) is 0 Å². The van der Waals surface area contributed by atoms with Crippen LogP contribution in [0.3, 0.4) is 0 Å². The van der Waals surface area contributed by atoms with Crippen molar-refractivity contribution in [1.82, 2.24) is 0 Å². The lowest BCUT2D eigenvalue weighted by atomic mass is 9.67. The highest BCUT2D eigenvalue weighted by Gasteiger charge is 2.52. The second kappa shape index (κ2) is 30.4. The molecule has 0 aliphatic heterocycles. The van der Waals surface area contributed by atoms with Crippen LogP contribution in [0.25, 0.3) is 134 Å². The third kappa shape index (κ3) is 12.0. The number of fused-ring (bicyclic) bond motifs is 32. The van der Waals surface area contributed by atoms with Gasteiger partial charge in [-0.05, 0) is 392 Å². The number of rotatable bonds is 6. The number of hydrogen-bond donors (Lipinski definition) is 0. The molecule has 0 heterocycles. The van der Waals surface area contributed by atoms with Gasteiger partial charge in [0.25, 0.3) is 0 Å². The van der Waals surface area contributed by atoms with E-state index in [9.17, 15) is 0 Å². The van der Waals surface area contributed by atoms with E-state index >= 15 is 0 Å². The zero-order valence-electron chi connectivity index (χ0n) is 77.1. The molecular formula is C133H112. The van der Waals surface area contributed by atoms with Crippen LogP contribution < -0.4 is 0 Å². The van der Waals surface area contributed by atoms with E-state index < -0.39 is 0 Å². The first-order chi connectivity index (χ1) is 65.4. The maximum Gasteiger partial charge on any atom is 0.0296 e. The maximum atomic E-state index is 2.57. The summed E-state index contributed by atoms with van der Waals surface area (Å²) in [6.45, 7) is 6.78. The summed E-state index contributed by atoms with van der Waals surface area (Å²) in [5.74, 6) is 0. The molecule has 0 nitrogen and oxygen atoms in total. The van der Waals surface area contributed by atoms with Crippen molar-refractivity contribution >= 4 is 0 Å². The first kappa shape index (κ1) is 79.5. The van der Waals surface area contributed by atoms with Gasteiger partial charge in [-0.2, -0.15) is 0 Å². The third-order valence-corrected chi connectivity index (χ3v) is 35.4. The van der Waals surface area contributed by atoms with E-state index in [1.165, 1.54) is 310 Å². The van der Waals surface area contributed by atoms with Crippen molar-refractivity contribution in [3.63, 3.8) is 0 Å². The van der Waals surface area contributed by atoms with Crippen LogP contribution in [0.15, 0.2) is 358 Å². The van der Waals surface area contributed by atoms with Gasteiger partial charge < -0.3 is 0 Å². The minimum Gasteiger partial charge on any atom is -0.0620 e. The van der Waals surface area contributed by atoms with Gasteiger partial charge in [0.1, 0.15) is 0 Å². The van der Waals surface area contributed by atoms with E-state index in [1.54, 1.807) is 44.5 Å². The molecule has 0 saturated heterocycles. The molecule has 12 aliphatic rings.